The smallest absolute Gasteiger partial charge is 0.252 e. The van der Waals surface area contributed by atoms with Crippen molar-refractivity contribution in [3.63, 3.8) is 0 Å². The van der Waals surface area contributed by atoms with Crippen molar-refractivity contribution >= 4 is 39.1 Å². The van der Waals surface area contributed by atoms with Crippen LogP contribution in [0.3, 0.4) is 0 Å². The van der Waals surface area contributed by atoms with Gasteiger partial charge < -0.3 is 5.32 Å². The highest BCUT2D eigenvalue weighted by Crippen LogP contribution is 2.47. The van der Waals surface area contributed by atoms with Crippen LogP contribution in [0.1, 0.15) is 42.2 Å². The molecule has 0 bridgehead atoms. The molecule has 0 unspecified atom stereocenters. The molecule has 1 saturated heterocycles. The Morgan fingerprint density at radius 2 is 1.81 bits per heavy atom. The predicted octanol–water partition coefficient (Wildman–Crippen LogP) is 3.76. The SMILES string of the molecule is CCCS(=O)(=O)N1CCC(c2ccccn2)([C@](Cl)(CCl)NC(=O)c2ccccc2)CC1. The van der Waals surface area contributed by atoms with Crippen LogP contribution in [0.4, 0.5) is 0 Å². The molecule has 168 valence electrons. The molecule has 1 atom stereocenters. The third-order valence-corrected chi connectivity index (χ3v) is 9.08. The van der Waals surface area contributed by atoms with Crippen LogP contribution in [0.25, 0.3) is 0 Å². The molecule has 1 aliphatic rings. The second-order valence-corrected chi connectivity index (χ2v) is 10.8. The molecule has 0 saturated carbocycles. The van der Waals surface area contributed by atoms with Crippen LogP contribution >= 0.6 is 23.2 Å². The molecule has 1 aromatic heterocycles. The predicted molar refractivity (Wildman–Crippen MR) is 124 cm³/mol. The number of nitrogens with zero attached hydrogens (tertiary/aromatic N) is 2. The number of hydrogen-bond donors (Lipinski definition) is 1. The first-order valence-corrected chi connectivity index (χ1v) is 12.8. The normalized spacial score (nSPS) is 18.8. The number of pyridine rings is 1. The van der Waals surface area contributed by atoms with Crippen LogP contribution in [0.5, 0.6) is 0 Å². The molecule has 2 heterocycles. The van der Waals surface area contributed by atoms with E-state index in [0.29, 0.717) is 30.5 Å². The molecular weight excluding hydrogens is 457 g/mol. The number of rotatable bonds is 8. The Labute approximate surface area is 194 Å². The Balaban J connectivity index is 1.96. The van der Waals surface area contributed by atoms with Gasteiger partial charge in [-0.25, -0.2) is 12.7 Å². The number of carbonyl (C=O) groups excluding carboxylic acids is 1. The Morgan fingerprint density at radius 3 is 2.35 bits per heavy atom. The van der Waals surface area contributed by atoms with Crippen LogP contribution in [-0.4, -0.2) is 53.3 Å². The van der Waals surface area contributed by atoms with Crippen LogP contribution in [0.15, 0.2) is 54.7 Å². The molecule has 0 spiro atoms. The Bertz CT molecular complexity index is 982. The van der Waals surface area contributed by atoms with E-state index in [9.17, 15) is 13.2 Å². The number of piperidine rings is 1. The van der Waals surface area contributed by atoms with E-state index < -0.39 is 20.4 Å². The van der Waals surface area contributed by atoms with Crippen molar-refractivity contribution in [3.05, 3.63) is 66.0 Å². The zero-order valence-electron chi connectivity index (χ0n) is 17.4. The molecule has 31 heavy (non-hydrogen) atoms. The average Bonchev–Trinajstić information content (AvgIpc) is 2.80. The first kappa shape index (κ1) is 24.0. The van der Waals surface area contributed by atoms with Gasteiger partial charge in [-0.3, -0.25) is 9.78 Å². The number of hydrogen-bond acceptors (Lipinski definition) is 4. The van der Waals surface area contributed by atoms with Crippen LogP contribution in [0.2, 0.25) is 0 Å². The van der Waals surface area contributed by atoms with Crippen molar-refractivity contribution in [3.8, 4) is 0 Å². The minimum atomic E-state index is -3.33. The highest BCUT2D eigenvalue weighted by Gasteiger charge is 2.55. The van der Waals surface area contributed by atoms with Gasteiger partial charge in [0.15, 0.2) is 0 Å². The summed E-state index contributed by atoms with van der Waals surface area (Å²) in [5, 5.41) is 2.93. The lowest BCUT2D eigenvalue weighted by atomic mass is 9.70. The highest BCUT2D eigenvalue weighted by atomic mass is 35.5. The van der Waals surface area contributed by atoms with E-state index in [1.54, 1.807) is 36.5 Å². The number of aromatic nitrogens is 1. The Morgan fingerprint density at radius 1 is 1.16 bits per heavy atom. The quantitative estimate of drug-likeness (QED) is 0.457. The van der Waals surface area contributed by atoms with Gasteiger partial charge in [0.05, 0.1) is 22.7 Å². The van der Waals surface area contributed by atoms with Crippen molar-refractivity contribution in [1.29, 1.82) is 0 Å². The number of amides is 1. The summed E-state index contributed by atoms with van der Waals surface area (Å²) in [7, 11) is -3.33. The molecule has 0 aliphatic carbocycles. The van der Waals surface area contributed by atoms with Gasteiger partial charge in [-0.1, -0.05) is 42.8 Å². The van der Waals surface area contributed by atoms with Gasteiger partial charge in [0.25, 0.3) is 5.91 Å². The van der Waals surface area contributed by atoms with E-state index >= 15 is 0 Å². The maximum absolute atomic E-state index is 13.0. The molecule has 1 amide bonds. The van der Waals surface area contributed by atoms with Gasteiger partial charge in [0, 0.05) is 24.8 Å². The Kier molecular flexibility index (Phi) is 7.63. The summed E-state index contributed by atoms with van der Waals surface area (Å²) < 4.78 is 26.7. The monoisotopic (exact) mass is 483 g/mol. The number of nitrogens with one attached hydrogen (secondary N) is 1. The summed E-state index contributed by atoms with van der Waals surface area (Å²) in [4.78, 5) is 16.1. The van der Waals surface area contributed by atoms with E-state index in [1.165, 1.54) is 4.31 Å². The van der Waals surface area contributed by atoms with Crippen LogP contribution in [-0.2, 0) is 15.4 Å². The first-order valence-electron chi connectivity index (χ1n) is 10.3. The van der Waals surface area contributed by atoms with E-state index in [4.69, 9.17) is 23.2 Å². The van der Waals surface area contributed by atoms with Crippen molar-refractivity contribution in [2.75, 3.05) is 24.7 Å². The summed E-state index contributed by atoms with van der Waals surface area (Å²) in [5.41, 5.74) is 0.323. The minimum Gasteiger partial charge on any atom is -0.331 e. The number of benzene rings is 1. The second-order valence-electron chi connectivity index (χ2n) is 7.77. The van der Waals surface area contributed by atoms with Crippen molar-refractivity contribution in [2.45, 2.75) is 36.6 Å². The minimum absolute atomic E-state index is 0.0641. The molecule has 6 nitrogen and oxygen atoms in total. The van der Waals surface area contributed by atoms with Gasteiger partial charge >= 0.3 is 0 Å². The third-order valence-electron chi connectivity index (χ3n) is 5.88. The maximum atomic E-state index is 13.0. The fourth-order valence-electron chi connectivity index (χ4n) is 4.16. The lowest BCUT2D eigenvalue weighted by molar-refractivity contribution is 0.0863. The van der Waals surface area contributed by atoms with Crippen molar-refractivity contribution < 1.29 is 13.2 Å². The van der Waals surface area contributed by atoms with Crippen molar-refractivity contribution in [2.24, 2.45) is 0 Å². The molecule has 2 aromatic rings. The fraction of sp³-hybridized carbons (Fsp3) is 0.455. The molecule has 1 N–H and O–H groups in total. The largest absolute Gasteiger partial charge is 0.331 e. The highest BCUT2D eigenvalue weighted by molar-refractivity contribution is 7.89. The molecule has 3 rings (SSSR count). The summed E-state index contributed by atoms with van der Waals surface area (Å²) in [6, 6.07) is 14.3. The van der Waals surface area contributed by atoms with E-state index in [2.05, 4.69) is 10.3 Å². The zero-order valence-corrected chi connectivity index (χ0v) is 19.8. The second kappa shape index (κ2) is 9.86. The van der Waals surface area contributed by atoms with Gasteiger partial charge in [-0.2, -0.15) is 0 Å². The van der Waals surface area contributed by atoms with Crippen molar-refractivity contribution in [1.82, 2.24) is 14.6 Å². The number of alkyl halides is 2. The van der Waals surface area contributed by atoms with Gasteiger partial charge in [0.1, 0.15) is 5.00 Å². The van der Waals surface area contributed by atoms with Gasteiger partial charge in [0.2, 0.25) is 10.0 Å². The van der Waals surface area contributed by atoms with E-state index in [0.717, 1.165) is 0 Å². The summed E-state index contributed by atoms with van der Waals surface area (Å²) in [6.07, 6.45) is 3.00. The lowest BCUT2D eigenvalue weighted by Crippen LogP contribution is -2.64. The van der Waals surface area contributed by atoms with Crippen LogP contribution < -0.4 is 5.32 Å². The third kappa shape index (κ3) is 4.90. The van der Waals surface area contributed by atoms with E-state index in [1.807, 2.05) is 25.1 Å². The van der Waals surface area contributed by atoms with Gasteiger partial charge in [-0.05, 0) is 43.5 Å². The first-order chi connectivity index (χ1) is 14.8. The van der Waals surface area contributed by atoms with E-state index in [-0.39, 0.29) is 30.6 Å². The summed E-state index contributed by atoms with van der Waals surface area (Å²) in [6.45, 7) is 2.41. The molecule has 1 fully saturated rings. The lowest BCUT2D eigenvalue weighted by Gasteiger charge is -2.50. The average molecular weight is 484 g/mol. The number of carbonyl (C=O) groups is 1. The summed E-state index contributed by atoms with van der Waals surface area (Å²) >= 11 is 13.5. The molecule has 1 aliphatic heterocycles. The number of halogens is 2. The van der Waals surface area contributed by atoms with Gasteiger partial charge in [-0.15, -0.1) is 11.6 Å². The number of sulfonamides is 1. The molecule has 0 radical (unpaired) electrons. The molecule has 9 heteroatoms. The molecule has 1 aromatic carbocycles. The standard InChI is InChI=1S/C22H27Cl2N3O3S/c1-2-16-31(29,30)27-14-11-21(12-15-27,19-10-6-7-13-25-19)22(24,17-23)26-20(28)18-8-4-3-5-9-18/h3-10,13H,2,11-12,14-17H2,1H3,(H,26,28)/t22-/m0/s1. The molecular formula is C22H27Cl2N3O3S. The topological polar surface area (TPSA) is 79.4 Å². The van der Waals surface area contributed by atoms with Crippen LogP contribution in [0, 0.1) is 0 Å². The fourth-order valence-corrected chi connectivity index (χ4v) is 6.36. The summed E-state index contributed by atoms with van der Waals surface area (Å²) in [5.74, 6) is -0.297. The maximum Gasteiger partial charge on any atom is 0.252 e. The zero-order chi connectivity index (χ0) is 22.5. The Hall–Kier alpha value is -1.67.